The highest BCUT2D eigenvalue weighted by Crippen LogP contribution is 2.07. The summed E-state index contributed by atoms with van der Waals surface area (Å²) in [6.45, 7) is 4.14. The van der Waals surface area contributed by atoms with Gasteiger partial charge in [0.25, 0.3) is 5.91 Å². The Bertz CT molecular complexity index is 756. The molecule has 2 aromatic rings. The maximum absolute atomic E-state index is 12.1. The molecule has 0 fully saturated rings. The number of halogens is 1. The van der Waals surface area contributed by atoms with E-state index < -0.39 is 0 Å². The Kier molecular flexibility index (Phi) is 9.84. The van der Waals surface area contributed by atoms with Crippen molar-refractivity contribution in [2.75, 3.05) is 27.2 Å². The van der Waals surface area contributed by atoms with Gasteiger partial charge in [-0.15, -0.1) is 24.0 Å². The number of aliphatic imine (C=N–C) groups is 1. The number of carbonyl (C=O) groups excluding carboxylic acids is 1. The lowest BCUT2D eigenvalue weighted by Gasteiger charge is -2.13. The minimum atomic E-state index is 0. The Morgan fingerprint density at radius 1 is 1.26 bits per heavy atom. The Labute approximate surface area is 178 Å². The number of hydrogen-bond donors (Lipinski definition) is 2. The number of aromatic nitrogens is 2. The third-order valence-electron chi connectivity index (χ3n) is 3.95. The fourth-order valence-corrected chi connectivity index (χ4v) is 2.50. The van der Waals surface area contributed by atoms with Crippen molar-refractivity contribution < 1.29 is 4.79 Å². The summed E-state index contributed by atoms with van der Waals surface area (Å²) >= 11 is 0. The van der Waals surface area contributed by atoms with E-state index in [1.165, 1.54) is 0 Å². The van der Waals surface area contributed by atoms with Gasteiger partial charge in [0.2, 0.25) is 0 Å². The molecular formula is C19H29IN6O. The van der Waals surface area contributed by atoms with Crippen LogP contribution in [0.15, 0.2) is 41.5 Å². The molecule has 0 bridgehead atoms. The van der Waals surface area contributed by atoms with Crippen molar-refractivity contribution in [2.45, 2.75) is 19.9 Å². The average Bonchev–Trinajstić information content (AvgIpc) is 3.04. The number of nitrogens with one attached hydrogen (secondary N) is 2. The SMILES string of the molecule is CCNC(=NCc1ccnn1C)NCCc1cccc(C(=O)N(C)C)c1.I. The maximum atomic E-state index is 12.1. The molecule has 0 radical (unpaired) electrons. The van der Waals surface area contributed by atoms with Gasteiger partial charge in [0.05, 0.1) is 12.2 Å². The zero-order valence-corrected chi connectivity index (χ0v) is 18.7. The third kappa shape index (κ3) is 7.20. The second kappa shape index (κ2) is 11.6. The highest BCUT2D eigenvalue weighted by molar-refractivity contribution is 14.0. The van der Waals surface area contributed by atoms with Gasteiger partial charge < -0.3 is 15.5 Å². The topological polar surface area (TPSA) is 74.5 Å². The van der Waals surface area contributed by atoms with Gasteiger partial charge in [-0.05, 0) is 37.1 Å². The second-order valence-electron chi connectivity index (χ2n) is 6.22. The summed E-state index contributed by atoms with van der Waals surface area (Å²) in [5, 5.41) is 10.7. The van der Waals surface area contributed by atoms with Crippen LogP contribution in [0.1, 0.15) is 28.5 Å². The molecule has 8 heteroatoms. The first-order valence-electron chi connectivity index (χ1n) is 8.81. The van der Waals surface area contributed by atoms with E-state index in [1.54, 1.807) is 25.2 Å². The first-order chi connectivity index (χ1) is 12.5. The molecule has 0 saturated heterocycles. The van der Waals surface area contributed by atoms with E-state index >= 15 is 0 Å². The smallest absolute Gasteiger partial charge is 0.253 e. The summed E-state index contributed by atoms with van der Waals surface area (Å²) in [7, 11) is 5.43. The standard InChI is InChI=1S/C19H28N6O.HI/c1-5-20-19(22-14-17-10-12-23-25(17)4)21-11-9-15-7-6-8-16(13-15)18(26)24(2)3;/h6-8,10,12-13H,5,9,11,14H2,1-4H3,(H2,20,21,22);1H. The number of carbonyl (C=O) groups is 1. The van der Waals surface area contributed by atoms with Gasteiger partial charge in [-0.2, -0.15) is 5.10 Å². The summed E-state index contributed by atoms with van der Waals surface area (Å²) in [4.78, 5) is 18.2. The minimum absolute atomic E-state index is 0. The lowest BCUT2D eigenvalue weighted by molar-refractivity contribution is 0.0827. The zero-order chi connectivity index (χ0) is 18.9. The van der Waals surface area contributed by atoms with Crippen LogP contribution >= 0.6 is 24.0 Å². The number of aryl methyl sites for hydroxylation is 1. The summed E-state index contributed by atoms with van der Waals surface area (Å²) in [5.74, 6) is 0.792. The largest absolute Gasteiger partial charge is 0.357 e. The second-order valence-corrected chi connectivity index (χ2v) is 6.22. The lowest BCUT2D eigenvalue weighted by atomic mass is 10.1. The molecule has 0 aliphatic rings. The molecule has 148 valence electrons. The molecule has 0 atom stereocenters. The number of amides is 1. The van der Waals surface area contributed by atoms with Crippen molar-refractivity contribution in [3.8, 4) is 0 Å². The Hall–Kier alpha value is -2.10. The zero-order valence-electron chi connectivity index (χ0n) is 16.4. The highest BCUT2D eigenvalue weighted by Gasteiger charge is 2.08. The molecule has 1 aromatic carbocycles. The van der Waals surface area contributed by atoms with E-state index in [0.717, 1.165) is 36.7 Å². The number of rotatable bonds is 7. The van der Waals surface area contributed by atoms with Gasteiger partial charge in [0.15, 0.2) is 5.96 Å². The van der Waals surface area contributed by atoms with Crippen molar-refractivity contribution in [3.63, 3.8) is 0 Å². The van der Waals surface area contributed by atoms with E-state index in [1.807, 2.05) is 49.0 Å². The van der Waals surface area contributed by atoms with Gasteiger partial charge in [-0.3, -0.25) is 9.48 Å². The first kappa shape index (κ1) is 22.9. The van der Waals surface area contributed by atoms with Crippen LogP contribution in [0.2, 0.25) is 0 Å². The van der Waals surface area contributed by atoms with E-state index in [9.17, 15) is 4.79 Å². The fraction of sp³-hybridized carbons (Fsp3) is 0.421. The average molecular weight is 484 g/mol. The summed E-state index contributed by atoms with van der Waals surface area (Å²) < 4.78 is 1.82. The van der Waals surface area contributed by atoms with E-state index in [0.29, 0.717) is 12.1 Å². The highest BCUT2D eigenvalue weighted by atomic mass is 127. The molecule has 0 unspecified atom stereocenters. The van der Waals surface area contributed by atoms with Crippen LogP contribution in [-0.2, 0) is 20.0 Å². The van der Waals surface area contributed by atoms with E-state index in [2.05, 4.69) is 20.7 Å². The molecule has 1 heterocycles. The van der Waals surface area contributed by atoms with E-state index in [4.69, 9.17) is 0 Å². The van der Waals surface area contributed by atoms with Crippen molar-refractivity contribution in [1.29, 1.82) is 0 Å². The molecule has 0 aliphatic carbocycles. The molecule has 2 rings (SSSR count). The Morgan fingerprint density at radius 2 is 2.04 bits per heavy atom. The molecule has 0 aliphatic heterocycles. The van der Waals surface area contributed by atoms with Gasteiger partial charge in [0.1, 0.15) is 0 Å². The fourth-order valence-electron chi connectivity index (χ4n) is 2.50. The lowest BCUT2D eigenvalue weighted by Crippen LogP contribution is -2.38. The predicted molar refractivity (Wildman–Crippen MR) is 120 cm³/mol. The summed E-state index contributed by atoms with van der Waals surface area (Å²) in [6.07, 6.45) is 2.58. The summed E-state index contributed by atoms with van der Waals surface area (Å²) in [5.41, 5.74) is 2.88. The number of hydrogen-bond acceptors (Lipinski definition) is 3. The van der Waals surface area contributed by atoms with Crippen LogP contribution in [0.25, 0.3) is 0 Å². The molecule has 2 N–H and O–H groups in total. The molecule has 27 heavy (non-hydrogen) atoms. The number of guanidine groups is 1. The molecule has 0 spiro atoms. The van der Waals surface area contributed by atoms with Gasteiger partial charge in [0, 0.05) is 46.0 Å². The number of benzene rings is 1. The van der Waals surface area contributed by atoms with Gasteiger partial charge in [-0.25, -0.2) is 4.99 Å². The monoisotopic (exact) mass is 484 g/mol. The van der Waals surface area contributed by atoms with Crippen LogP contribution in [0, 0.1) is 0 Å². The van der Waals surface area contributed by atoms with Crippen LogP contribution in [0.3, 0.4) is 0 Å². The van der Waals surface area contributed by atoms with Crippen molar-refractivity contribution in [2.24, 2.45) is 12.0 Å². The minimum Gasteiger partial charge on any atom is -0.357 e. The van der Waals surface area contributed by atoms with Crippen molar-refractivity contribution in [3.05, 3.63) is 53.3 Å². The third-order valence-corrected chi connectivity index (χ3v) is 3.95. The Morgan fingerprint density at radius 3 is 2.67 bits per heavy atom. The van der Waals surface area contributed by atoms with E-state index in [-0.39, 0.29) is 29.9 Å². The Balaban J connectivity index is 0.00000364. The summed E-state index contributed by atoms with van der Waals surface area (Å²) in [6, 6.07) is 9.71. The van der Waals surface area contributed by atoms with Crippen molar-refractivity contribution in [1.82, 2.24) is 25.3 Å². The molecule has 7 nitrogen and oxygen atoms in total. The molecule has 1 amide bonds. The van der Waals surface area contributed by atoms with Crippen LogP contribution in [-0.4, -0.2) is 53.7 Å². The normalized spacial score (nSPS) is 10.9. The number of nitrogens with zero attached hydrogens (tertiary/aromatic N) is 4. The van der Waals surface area contributed by atoms with Crippen LogP contribution < -0.4 is 10.6 Å². The first-order valence-corrected chi connectivity index (χ1v) is 8.81. The van der Waals surface area contributed by atoms with Crippen LogP contribution in [0.5, 0.6) is 0 Å². The van der Waals surface area contributed by atoms with Gasteiger partial charge >= 0.3 is 0 Å². The molecule has 1 aromatic heterocycles. The van der Waals surface area contributed by atoms with Gasteiger partial charge in [-0.1, -0.05) is 12.1 Å². The predicted octanol–water partition coefficient (Wildman–Crippen LogP) is 2.04. The molecular weight excluding hydrogens is 455 g/mol. The quantitative estimate of drug-likeness (QED) is 0.359. The molecule has 0 saturated carbocycles. The van der Waals surface area contributed by atoms with Crippen LogP contribution in [0.4, 0.5) is 0 Å². The van der Waals surface area contributed by atoms with Crippen molar-refractivity contribution >= 4 is 35.8 Å². The maximum Gasteiger partial charge on any atom is 0.253 e.